The summed E-state index contributed by atoms with van der Waals surface area (Å²) in [5.74, 6) is 4.37. The van der Waals surface area contributed by atoms with Crippen LogP contribution in [0.2, 0.25) is 0 Å². The molecule has 20 heavy (non-hydrogen) atoms. The van der Waals surface area contributed by atoms with Crippen LogP contribution in [0, 0.1) is 0 Å². The molecule has 0 bridgehead atoms. The summed E-state index contributed by atoms with van der Waals surface area (Å²) < 4.78 is 1.01. The molecule has 0 aliphatic carbocycles. The molecule has 2 heterocycles. The highest BCUT2D eigenvalue weighted by Crippen LogP contribution is 2.21. The minimum absolute atomic E-state index is 0.506. The molecular weight excluding hydrogens is 369 g/mol. The summed E-state index contributed by atoms with van der Waals surface area (Å²) in [7, 11) is 0. The van der Waals surface area contributed by atoms with Gasteiger partial charge in [-0.3, -0.25) is 0 Å². The number of hydrazine groups is 3. The Morgan fingerprint density at radius 2 is 1.05 bits per heavy atom. The molecule has 2 aliphatic heterocycles. The van der Waals surface area contributed by atoms with E-state index < -0.39 is 0 Å². The molecule has 0 aromatic carbocycles. The summed E-state index contributed by atoms with van der Waals surface area (Å²) in [6.07, 6.45) is 0. The lowest BCUT2D eigenvalue weighted by molar-refractivity contribution is -0.173. The van der Waals surface area contributed by atoms with E-state index in [1.165, 1.54) is 0 Å². The van der Waals surface area contributed by atoms with Crippen LogP contribution in [0.3, 0.4) is 0 Å². The molecule has 0 aromatic rings. The zero-order valence-corrected chi connectivity index (χ0v) is 16.0. The van der Waals surface area contributed by atoms with Gasteiger partial charge in [0, 0.05) is 49.2 Å². The third-order valence-electron chi connectivity index (χ3n) is 3.03. The molecule has 2 rings (SSSR count). The summed E-state index contributed by atoms with van der Waals surface area (Å²) >= 11 is 23.4. The Bertz CT molecular complexity index is 322. The molecule has 0 aromatic heterocycles. The maximum Gasteiger partial charge on any atom is 0.171 e. The fraction of sp³-hybridized carbons (Fsp3) is 0.800. The SMILES string of the molecule is S=C(S)N(N1CCSCC1)N(C(=S)S)N1CCSCC1. The first-order chi connectivity index (χ1) is 9.61. The highest BCUT2D eigenvalue weighted by Gasteiger charge is 2.31. The van der Waals surface area contributed by atoms with Crippen molar-refractivity contribution in [3.05, 3.63) is 0 Å². The monoisotopic (exact) mass is 386 g/mol. The molecule has 2 fully saturated rings. The Hall–Kier alpha value is 1.10. The normalized spacial score (nSPS) is 21.5. The van der Waals surface area contributed by atoms with Crippen molar-refractivity contribution in [2.45, 2.75) is 0 Å². The molecule has 0 saturated carbocycles. The van der Waals surface area contributed by atoms with Crippen molar-refractivity contribution >= 4 is 81.9 Å². The van der Waals surface area contributed by atoms with Gasteiger partial charge in [-0.25, -0.2) is 0 Å². The van der Waals surface area contributed by atoms with E-state index in [1.54, 1.807) is 0 Å². The van der Waals surface area contributed by atoms with Crippen molar-refractivity contribution in [2.24, 2.45) is 0 Å². The van der Waals surface area contributed by atoms with Crippen LogP contribution in [0.15, 0.2) is 0 Å². The molecule has 114 valence electrons. The summed E-state index contributed by atoms with van der Waals surface area (Å²) in [6.45, 7) is 3.78. The number of nitrogens with zero attached hydrogens (tertiary/aromatic N) is 4. The van der Waals surface area contributed by atoms with E-state index >= 15 is 0 Å². The van der Waals surface area contributed by atoms with Crippen molar-refractivity contribution in [1.29, 1.82) is 0 Å². The summed E-state index contributed by atoms with van der Waals surface area (Å²) in [6, 6.07) is 0. The molecular formula is C10H18N4S6. The van der Waals surface area contributed by atoms with Gasteiger partial charge in [-0.2, -0.15) is 43.8 Å². The minimum Gasteiger partial charge on any atom is -0.197 e. The van der Waals surface area contributed by atoms with Crippen LogP contribution in [-0.2, 0) is 0 Å². The smallest absolute Gasteiger partial charge is 0.171 e. The third kappa shape index (κ3) is 4.55. The highest BCUT2D eigenvalue weighted by molar-refractivity contribution is 8.11. The van der Waals surface area contributed by atoms with E-state index in [0.29, 0.717) is 8.64 Å². The largest absolute Gasteiger partial charge is 0.197 e. The van der Waals surface area contributed by atoms with E-state index in [-0.39, 0.29) is 0 Å². The van der Waals surface area contributed by atoms with Gasteiger partial charge in [0.05, 0.1) is 0 Å². The second-order valence-corrected chi connectivity index (χ2v) is 8.95. The molecule has 0 unspecified atom stereocenters. The minimum atomic E-state index is 0.506. The topological polar surface area (TPSA) is 13.0 Å². The number of thioether (sulfide) groups is 2. The first-order valence-electron chi connectivity index (χ1n) is 6.32. The number of hydrogen-bond acceptors (Lipinski definition) is 6. The average molecular weight is 387 g/mol. The van der Waals surface area contributed by atoms with E-state index in [9.17, 15) is 0 Å². The number of rotatable bonds is 2. The van der Waals surface area contributed by atoms with Crippen LogP contribution < -0.4 is 0 Å². The van der Waals surface area contributed by atoms with Crippen LogP contribution in [0.25, 0.3) is 0 Å². The Morgan fingerprint density at radius 3 is 1.30 bits per heavy atom. The van der Waals surface area contributed by atoms with E-state index in [2.05, 4.69) is 35.3 Å². The van der Waals surface area contributed by atoms with Gasteiger partial charge in [-0.1, -0.05) is 0 Å². The lowest BCUT2D eigenvalue weighted by Crippen LogP contribution is -2.64. The Kier molecular flexibility index (Phi) is 7.56. The van der Waals surface area contributed by atoms with Gasteiger partial charge in [-0.15, -0.1) is 25.3 Å². The van der Waals surface area contributed by atoms with Crippen molar-refractivity contribution in [3.8, 4) is 0 Å². The lowest BCUT2D eigenvalue weighted by Gasteiger charge is -2.48. The van der Waals surface area contributed by atoms with Gasteiger partial charge in [0.25, 0.3) is 0 Å². The summed E-state index contributed by atoms with van der Waals surface area (Å²) in [5, 5.41) is 8.22. The van der Waals surface area contributed by atoms with Crippen molar-refractivity contribution in [1.82, 2.24) is 20.3 Å². The van der Waals surface area contributed by atoms with Gasteiger partial charge >= 0.3 is 0 Å². The summed E-state index contributed by atoms with van der Waals surface area (Å²) in [5.41, 5.74) is 0. The highest BCUT2D eigenvalue weighted by atomic mass is 32.2. The fourth-order valence-electron chi connectivity index (χ4n) is 2.13. The molecule has 2 aliphatic rings. The first-order valence-corrected chi connectivity index (χ1v) is 10.3. The van der Waals surface area contributed by atoms with Crippen molar-refractivity contribution in [2.75, 3.05) is 49.2 Å². The Morgan fingerprint density at radius 1 is 0.750 bits per heavy atom. The standard InChI is InChI=1S/C10H18N4S6/c15-9(16)13(11-1-5-19-6-2-11)14(10(17)18)12-3-7-20-8-4-12/h1-8H2,(H,15,16)(H,17,18). The van der Waals surface area contributed by atoms with Gasteiger partial charge in [0.2, 0.25) is 0 Å². The zero-order valence-electron chi connectivity index (χ0n) is 11.0. The first kappa shape index (κ1) is 17.5. The molecule has 0 atom stereocenters. The third-order valence-corrected chi connectivity index (χ3v) is 5.60. The molecule has 0 spiro atoms. The molecule has 0 N–H and O–H groups in total. The van der Waals surface area contributed by atoms with E-state index in [0.717, 1.165) is 49.2 Å². The second-order valence-electron chi connectivity index (χ2n) is 4.28. The zero-order chi connectivity index (χ0) is 14.5. The molecule has 10 heteroatoms. The van der Waals surface area contributed by atoms with E-state index in [4.69, 9.17) is 24.4 Å². The number of thiocarbonyl (C=S) groups is 2. The van der Waals surface area contributed by atoms with Crippen LogP contribution in [0.5, 0.6) is 0 Å². The molecule has 2 saturated heterocycles. The molecule has 4 nitrogen and oxygen atoms in total. The number of thiol groups is 2. The summed E-state index contributed by atoms with van der Waals surface area (Å²) in [4.78, 5) is 0. The van der Waals surface area contributed by atoms with Gasteiger partial charge in [0.1, 0.15) is 0 Å². The predicted molar refractivity (Wildman–Crippen MR) is 105 cm³/mol. The van der Waals surface area contributed by atoms with Gasteiger partial charge < -0.3 is 0 Å². The maximum atomic E-state index is 5.34. The van der Waals surface area contributed by atoms with Crippen molar-refractivity contribution < 1.29 is 0 Å². The van der Waals surface area contributed by atoms with Gasteiger partial charge in [0.15, 0.2) is 8.64 Å². The van der Waals surface area contributed by atoms with Crippen LogP contribution in [0.1, 0.15) is 0 Å². The quantitative estimate of drug-likeness (QED) is 0.419. The Balaban J connectivity index is 2.17. The van der Waals surface area contributed by atoms with Gasteiger partial charge in [-0.05, 0) is 24.4 Å². The van der Waals surface area contributed by atoms with Crippen LogP contribution >= 0.6 is 73.2 Å². The number of hydrogen-bond donors (Lipinski definition) is 2. The van der Waals surface area contributed by atoms with Crippen LogP contribution in [-0.4, -0.2) is 78.1 Å². The molecule has 0 amide bonds. The fourth-order valence-corrected chi connectivity index (χ4v) is 4.71. The molecule has 0 radical (unpaired) electrons. The lowest BCUT2D eigenvalue weighted by atomic mass is 10.6. The van der Waals surface area contributed by atoms with E-state index in [1.807, 2.05) is 33.8 Å². The van der Waals surface area contributed by atoms with Crippen LogP contribution in [0.4, 0.5) is 0 Å². The maximum absolute atomic E-state index is 5.34. The second kappa shape index (κ2) is 8.66. The van der Waals surface area contributed by atoms with Crippen molar-refractivity contribution in [3.63, 3.8) is 0 Å². The predicted octanol–water partition coefficient (Wildman–Crippen LogP) is 1.86. The average Bonchev–Trinajstić information content (AvgIpc) is 2.45. The Labute approximate surface area is 150 Å².